The molecule has 12 heavy (non-hydrogen) atoms. The van der Waals surface area contributed by atoms with E-state index in [9.17, 15) is 14.0 Å². The molecule has 0 aliphatic heterocycles. The molecule has 1 atom stereocenters. The van der Waals surface area contributed by atoms with Crippen molar-refractivity contribution in [3.05, 3.63) is 0 Å². The molecule has 0 spiro atoms. The summed E-state index contributed by atoms with van der Waals surface area (Å²) < 4.78 is 17.9. The lowest BCUT2D eigenvalue weighted by Crippen LogP contribution is -2.39. The molecule has 0 radical (unpaired) electrons. The highest BCUT2D eigenvalue weighted by molar-refractivity contribution is 6.08. The van der Waals surface area contributed by atoms with Crippen LogP contribution in [-0.2, 0) is 14.3 Å². The first kappa shape index (κ1) is 9.16. The second kappa shape index (κ2) is 3.21. The van der Waals surface area contributed by atoms with Gasteiger partial charge in [-0.3, -0.25) is 4.79 Å². The average Bonchev–Trinajstić information content (AvgIpc) is 2.34. The van der Waals surface area contributed by atoms with Crippen LogP contribution in [0.2, 0.25) is 0 Å². The molecule has 1 aliphatic carbocycles. The van der Waals surface area contributed by atoms with Crippen LogP contribution in [0.25, 0.3) is 0 Å². The molecule has 0 N–H and O–H groups in total. The Bertz CT molecular complexity index is 214. The molecule has 1 saturated carbocycles. The third-order valence-electron chi connectivity index (χ3n) is 1.97. The van der Waals surface area contributed by atoms with E-state index in [1.54, 1.807) is 6.92 Å². The van der Waals surface area contributed by atoms with Crippen molar-refractivity contribution in [2.75, 3.05) is 6.61 Å². The van der Waals surface area contributed by atoms with E-state index in [0.29, 0.717) is 6.42 Å². The van der Waals surface area contributed by atoms with E-state index in [1.807, 2.05) is 0 Å². The van der Waals surface area contributed by atoms with Crippen LogP contribution in [0.15, 0.2) is 0 Å². The van der Waals surface area contributed by atoms with Crippen molar-refractivity contribution in [2.24, 2.45) is 0 Å². The predicted molar refractivity (Wildman–Crippen MR) is 39.3 cm³/mol. The lowest BCUT2D eigenvalue weighted by molar-refractivity contribution is -0.160. The molecular weight excluding hydrogens is 163 g/mol. The van der Waals surface area contributed by atoms with Gasteiger partial charge in [0, 0.05) is 12.8 Å². The number of hydrogen-bond donors (Lipinski definition) is 0. The summed E-state index contributed by atoms with van der Waals surface area (Å²) in [4.78, 5) is 21.9. The van der Waals surface area contributed by atoms with Crippen LogP contribution in [0.5, 0.6) is 0 Å². The molecule has 0 aromatic heterocycles. The smallest absolute Gasteiger partial charge is 0.351 e. The molecule has 68 valence electrons. The van der Waals surface area contributed by atoms with Gasteiger partial charge in [-0.15, -0.1) is 0 Å². The van der Waals surface area contributed by atoms with Crippen molar-refractivity contribution < 1.29 is 18.7 Å². The average molecular weight is 174 g/mol. The van der Waals surface area contributed by atoms with Gasteiger partial charge in [-0.1, -0.05) is 0 Å². The predicted octanol–water partition coefficient (Wildman–Crippen LogP) is 1.01. The lowest BCUT2D eigenvalue weighted by Gasteiger charge is -2.14. The fourth-order valence-electron chi connectivity index (χ4n) is 1.29. The number of alkyl halides is 1. The standard InChI is InChI=1S/C8H11FO3/c1-2-12-7(11)8(9)5-3-4-6(8)10/h2-5H2,1H3/t8-/m0/s1. The molecular formula is C8H11FO3. The van der Waals surface area contributed by atoms with Gasteiger partial charge >= 0.3 is 5.97 Å². The number of carbonyl (C=O) groups excluding carboxylic acids is 2. The van der Waals surface area contributed by atoms with E-state index in [-0.39, 0.29) is 19.4 Å². The first-order valence-corrected chi connectivity index (χ1v) is 4.00. The van der Waals surface area contributed by atoms with Crippen LogP contribution in [0.3, 0.4) is 0 Å². The molecule has 0 aromatic carbocycles. The van der Waals surface area contributed by atoms with Crippen LogP contribution < -0.4 is 0 Å². The molecule has 0 unspecified atom stereocenters. The highest BCUT2D eigenvalue weighted by Crippen LogP contribution is 2.31. The number of carbonyl (C=O) groups is 2. The largest absolute Gasteiger partial charge is 0.463 e. The molecule has 4 heteroatoms. The highest BCUT2D eigenvalue weighted by atomic mass is 19.1. The maximum atomic E-state index is 13.5. The summed E-state index contributed by atoms with van der Waals surface area (Å²) in [5, 5.41) is 0. The van der Waals surface area contributed by atoms with Crippen molar-refractivity contribution in [1.29, 1.82) is 0 Å². The summed E-state index contributed by atoms with van der Waals surface area (Å²) in [6.07, 6.45) is 0.564. The van der Waals surface area contributed by atoms with Crippen LogP contribution in [0, 0.1) is 0 Å². The van der Waals surface area contributed by atoms with E-state index < -0.39 is 17.4 Å². The number of hydrogen-bond acceptors (Lipinski definition) is 3. The highest BCUT2D eigenvalue weighted by Gasteiger charge is 2.50. The van der Waals surface area contributed by atoms with Crippen LogP contribution in [0.4, 0.5) is 4.39 Å². The van der Waals surface area contributed by atoms with E-state index in [4.69, 9.17) is 0 Å². The Labute approximate surface area is 69.9 Å². The normalized spacial score (nSPS) is 29.0. The molecule has 0 bridgehead atoms. The SMILES string of the molecule is CCOC(=O)[C@]1(F)CCCC1=O. The molecule has 1 aliphatic rings. The molecule has 0 amide bonds. The Morgan fingerprint density at radius 1 is 1.75 bits per heavy atom. The minimum absolute atomic E-state index is 0.0231. The Morgan fingerprint density at radius 3 is 2.83 bits per heavy atom. The quantitative estimate of drug-likeness (QED) is 0.463. The number of halogens is 1. The number of esters is 1. The Morgan fingerprint density at radius 2 is 2.42 bits per heavy atom. The summed E-state index contributed by atoms with van der Waals surface area (Å²) in [6, 6.07) is 0. The molecule has 0 saturated heterocycles. The third-order valence-corrected chi connectivity index (χ3v) is 1.97. The number of Topliss-reactive ketones (excluding diaryl/α,β-unsaturated/α-hetero) is 1. The van der Waals surface area contributed by atoms with Gasteiger partial charge in [0.05, 0.1) is 6.61 Å². The Balaban J connectivity index is 2.70. The van der Waals surface area contributed by atoms with Crippen LogP contribution >= 0.6 is 0 Å². The van der Waals surface area contributed by atoms with E-state index in [0.717, 1.165) is 0 Å². The number of rotatable bonds is 2. The fraction of sp³-hybridized carbons (Fsp3) is 0.750. The molecule has 1 rings (SSSR count). The monoisotopic (exact) mass is 174 g/mol. The first-order chi connectivity index (χ1) is 5.61. The van der Waals surface area contributed by atoms with E-state index >= 15 is 0 Å². The Hall–Kier alpha value is -0.930. The summed E-state index contributed by atoms with van der Waals surface area (Å²) in [5.74, 6) is -1.66. The van der Waals surface area contributed by atoms with E-state index in [1.165, 1.54) is 0 Å². The second-order valence-corrected chi connectivity index (χ2v) is 2.80. The fourth-order valence-corrected chi connectivity index (χ4v) is 1.29. The first-order valence-electron chi connectivity index (χ1n) is 4.00. The van der Waals surface area contributed by atoms with Crippen molar-refractivity contribution in [2.45, 2.75) is 31.9 Å². The zero-order chi connectivity index (χ0) is 9.19. The van der Waals surface area contributed by atoms with Gasteiger partial charge in [-0.05, 0) is 13.3 Å². The molecule has 1 fully saturated rings. The van der Waals surface area contributed by atoms with Crippen molar-refractivity contribution >= 4 is 11.8 Å². The zero-order valence-electron chi connectivity index (χ0n) is 6.93. The zero-order valence-corrected chi connectivity index (χ0v) is 6.93. The van der Waals surface area contributed by atoms with Gasteiger partial charge in [0.1, 0.15) is 0 Å². The minimum Gasteiger partial charge on any atom is -0.463 e. The van der Waals surface area contributed by atoms with Gasteiger partial charge in [0.2, 0.25) is 0 Å². The summed E-state index contributed by atoms with van der Waals surface area (Å²) >= 11 is 0. The van der Waals surface area contributed by atoms with E-state index in [2.05, 4.69) is 4.74 Å². The van der Waals surface area contributed by atoms with Crippen LogP contribution in [-0.4, -0.2) is 24.0 Å². The van der Waals surface area contributed by atoms with Crippen molar-refractivity contribution in [1.82, 2.24) is 0 Å². The summed E-state index contributed by atoms with van der Waals surface area (Å²) in [7, 11) is 0. The van der Waals surface area contributed by atoms with Gasteiger partial charge in [0.25, 0.3) is 5.67 Å². The maximum absolute atomic E-state index is 13.5. The molecule has 3 nitrogen and oxygen atoms in total. The molecule has 0 heterocycles. The van der Waals surface area contributed by atoms with Gasteiger partial charge in [0.15, 0.2) is 5.78 Å². The third kappa shape index (κ3) is 1.33. The lowest BCUT2D eigenvalue weighted by atomic mass is 10.0. The minimum atomic E-state index is -2.34. The van der Waals surface area contributed by atoms with Gasteiger partial charge in [-0.2, -0.15) is 0 Å². The van der Waals surface area contributed by atoms with Gasteiger partial charge in [-0.25, -0.2) is 9.18 Å². The summed E-state index contributed by atoms with van der Waals surface area (Å²) in [5.41, 5.74) is -2.34. The number of ketones is 1. The topological polar surface area (TPSA) is 43.4 Å². The maximum Gasteiger partial charge on any atom is 0.351 e. The second-order valence-electron chi connectivity index (χ2n) is 2.80. The number of ether oxygens (including phenoxy) is 1. The summed E-state index contributed by atoms with van der Waals surface area (Å²) in [6.45, 7) is 1.69. The Kier molecular flexibility index (Phi) is 2.45. The van der Waals surface area contributed by atoms with Gasteiger partial charge < -0.3 is 4.74 Å². The molecule has 0 aromatic rings. The van der Waals surface area contributed by atoms with Crippen molar-refractivity contribution in [3.8, 4) is 0 Å². The van der Waals surface area contributed by atoms with Crippen molar-refractivity contribution in [3.63, 3.8) is 0 Å². The van der Waals surface area contributed by atoms with Crippen LogP contribution in [0.1, 0.15) is 26.2 Å².